The topological polar surface area (TPSA) is 140 Å². The molecule has 10 nitrogen and oxygen atoms in total. The highest BCUT2D eigenvalue weighted by molar-refractivity contribution is 5.98. The number of nitrogens with one attached hydrogen (secondary N) is 2. The lowest BCUT2D eigenvalue weighted by molar-refractivity contribution is -0.157. The van der Waals surface area contributed by atoms with E-state index < -0.39 is 11.9 Å². The zero-order chi connectivity index (χ0) is 25.7. The van der Waals surface area contributed by atoms with E-state index in [0.717, 1.165) is 31.2 Å². The number of piperidine rings is 1. The average molecular weight is 497 g/mol. The summed E-state index contributed by atoms with van der Waals surface area (Å²) >= 11 is 0. The van der Waals surface area contributed by atoms with Crippen LogP contribution in [0, 0.1) is 11.3 Å². The number of hydrogen-bond acceptors (Lipinski definition) is 5. The van der Waals surface area contributed by atoms with Crippen LogP contribution in [0.4, 0.5) is 0 Å². The molecule has 1 saturated carbocycles. The SMILES string of the molecule is N=C(N)N1CCC[C@H](C(=O)CNC(=O)C[C@H]2C(=O)N(C3CC3)CC(=O)N2CCCc2ccccc2)C1. The third-order valence-corrected chi connectivity index (χ3v) is 7.32. The lowest BCUT2D eigenvalue weighted by atomic mass is 9.94. The van der Waals surface area contributed by atoms with Gasteiger partial charge in [0.1, 0.15) is 12.6 Å². The molecule has 0 unspecified atom stereocenters. The van der Waals surface area contributed by atoms with E-state index in [1.54, 1.807) is 14.7 Å². The molecule has 4 N–H and O–H groups in total. The minimum atomic E-state index is -0.847. The predicted octanol–water partition coefficient (Wildman–Crippen LogP) is 0.502. The van der Waals surface area contributed by atoms with E-state index in [9.17, 15) is 19.2 Å². The molecule has 1 aromatic carbocycles. The number of benzene rings is 1. The van der Waals surface area contributed by atoms with Crippen LogP contribution in [0.1, 0.15) is 44.1 Å². The summed E-state index contributed by atoms with van der Waals surface area (Å²) in [5.74, 6) is -1.18. The number of rotatable bonds is 10. The Morgan fingerprint density at radius 3 is 2.56 bits per heavy atom. The van der Waals surface area contributed by atoms with Gasteiger partial charge in [-0.3, -0.25) is 24.6 Å². The number of Topliss-reactive ketones (excluding diaryl/α,β-unsaturated/α-hetero) is 1. The number of carbonyl (C=O) groups is 4. The normalized spacial score (nSPS) is 22.5. The summed E-state index contributed by atoms with van der Waals surface area (Å²) in [6.07, 6.45) is 4.54. The molecule has 36 heavy (non-hydrogen) atoms. The molecule has 3 amide bonds. The number of piperazine rings is 1. The predicted molar refractivity (Wildman–Crippen MR) is 134 cm³/mol. The van der Waals surface area contributed by atoms with Crippen molar-refractivity contribution in [3.8, 4) is 0 Å². The van der Waals surface area contributed by atoms with Gasteiger partial charge in [0.05, 0.1) is 13.0 Å². The van der Waals surface area contributed by atoms with Gasteiger partial charge in [-0.25, -0.2) is 0 Å². The van der Waals surface area contributed by atoms with Crippen molar-refractivity contribution < 1.29 is 19.2 Å². The van der Waals surface area contributed by atoms with Crippen LogP contribution in [0.25, 0.3) is 0 Å². The first-order valence-corrected chi connectivity index (χ1v) is 12.9. The van der Waals surface area contributed by atoms with Crippen LogP contribution in [-0.4, -0.2) is 89.0 Å². The Labute approximate surface area is 211 Å². The first kappa shape index (κ1) is 25.7. The Hall–Kier alpha value is -3.43. The van der Waals surface area contributed by atoms with Gasteiger partial charge >= 0.3 is 0 Å². The molecule has 3 fully saturated rings. The molecule has 2 saturated heterocycles. The van der Waals surface area contributed by atoms with Gasteiger partial charge in [0.25, 0.3) is 0 Å². The van der Waals surface area contributed by atoms with E-state index >= 15 is 0 Å². The van der Waals surface area contributed by atoms with Crippen LogP contribution in [0.3, 0.4) is 0 Å². The van der Waals surface area contributed by atoms with Crippen molar-refractivity contribution in [1.29, 1.82) is 5.41 Å². The molecule has 4 rings (SSSR count). The quantitative estimate of drug-likeness (QED) is 0.318. The molecule has 3 aliphatic rings. The summed E-state index contributed by atoms with van der Waals surface area (Å²) in [7, 11) is 0. The Morgan fingerprint density at radius 1 is 1.11 bits per heavy atom. The van der Waals surface area contributed by atoms with Gasteiger partial charge in [0.15, 0.2) is 11.7 Å². The minimum absolute atomic E-state index is 0.0513. The summed E-state index contributed by atoms with van der Waals surface area (Å²) in [6, 6.07) is 9.20. The average Bonchev–Trinajstić information content (AvgIpc) is 3.72. The highest BCUT2D eigenvalue weighted by Crippen LogP contribution is 2.30. The van der Waals surface area contributed by atoms with Crippen molar-refractivity contribution in [3.05, 3.63) is 35.9 Å². The fourth-order valence-electron chi connectivity index (χ4n) is 5.12. The molecule has 0 spiro atoms. The Morgan fingerprint density at radius 2 is 1.86 bits per heavy atom. The molecular formula is C26H36N6O4. The molecule has 1 aromatic rings. The van der Waals surface area contributed by atoms with Crippen molar-refractivity contribution in [3.63, 3.8) is 0 Å². The number of aryl methyl sites for hydroxylation is 1. The molecular weight excluding hydrogens is 460 g/mol. The van der Waals surface area contributed by atoms with Gasteiger partial charge < -0.3 is 25.8 Å². The minimum Gasteiger partial charge on any atom is -0.370 e. The van der Waals surface area contributed by atoms with Gasteiger partial charge in [-0.05, 0) is 44.1 Å². The number of nitrogens with two attached hydrogens (primary N) is 1. The number of likely N-dealkylation sites (tertiary alicyclic amines) is 1. The van der Waals surface area contributed by atoms with E-state index in [2.05, 4.69) is 5.32 Å². The first-order valence-electron chi connectivity index (χ1n) is 12.9. The number of carbonyl (C=O) groups excluding carboxylic acids is 4. The lowest BCUT2D eigenvalue weighted by Gasteiger charge is -2.40. The second-order valence-corrected chi connectivity index (χ2v) is 10.0. The van der Waals surface area contributed by atoms with Crippen LogP contribution in [-0.2, 0) is 25.6 Å². The number of ketones is 1. The van der Waals surface area contributed by atoms with Crippen molar-refractivity contribution >= 4 is 29.5 Å². The third-order valence-electron chi connectivity index (χ3n) is 7.32. The highest BCUT2D eigenvalue weighted by Gasteiger charge is 2.45. The van der Waals surface area contributed by atoms with Gasteiger partial charge in [-0.1, -0.05) is 30.3 Å². The maximum absolute atomic E-state index is 13.3. The van der Waals surface area contributed by atoms with E-state index in [-0.39, 0.29) is 55.0 Å². The van der Waals surface area contributed by atoms with Crippen molar-refractivity contribution in [2.24, 2.45) is 11.7 Å². The molecule has 0 radical (unpaired) electrons. The fourth-order valence-corrected chi connectivity index (χ4v) is 5.12. The smallest absolute Gasteiger partial charge is 0.246 e. The fraction of sp³-hybridized carbons (Fsp3) is 0.577. The van der Waals surface area contributed by atoms with Crippen LogP contribution in [0.5, 0.6) is 0 Å². The Kier molecular flexibility index (Phi) is 8.22. The van der Waals surface area contributed by atoms with Crippen LogP contribution in [0.15, 0.2) is 30.3 Å². The summed E-state index contributed by atoms with van der Waals surface area (Å²) in [5.41, 5.74) is 6.72. The van der Waals surface area contributed by atoms with Crippen LogP contribution in [0.2, 0.25) is 0 Å². The molecule has 0 bridgehead atoms. The molecule has 2 heterocycles. The summed E-state index contributed by atoms with van der Waals surface area (Å²) in [4.78, 5) is 56.6. The molecule has 194 valence electrons. The van der Waals surface area contributed by atoms with Gasteiger partial charge in [0.2, 0.25) is 17.7 Å². The van der Waals surface area contributed by atoms with Gasteiger partial charge in [0, 0.05) is 31.6 Å². The summed E-state index contributed by atoms with van der Waals surface area (Å²) < 4.78 is 0. The number of nitrogens with zero attached hydrogens (tertiary/aromatic N) is 3. The molecule has 2 atom stereocenters. The number of amides is 3. The van der Waals surface area contributed by atoms with E-state index in [1.165, 1.54) is 0 Å². The lowest BCUT2D eigenvalue weighted by Crippen LogP contribution is -2.61. The van der Waals surface area contributed by atoms with Gasteiger partial charge in [-0.15, -0.1) is 0 Å². The number of hydrogen-bond donors (Lipinski definition) is 3. The largest absolute Gasteiger partial charge is 0.370 e. The van der Waals surface area contributed by atoms with Crippen LogP contribution < -0.4 is 11.1 Å². The standard InChI is InChI=1S/C26H36N6O4/c27-26(28)30-12-5-9-19(16-30)22(33)15-29-23(34)14-21-25(36)32(20-10-11-20)17-24(35)31(21)13-4-8-18-6-2-1-3-7-18/h1-3,6-7,19-21H,4-5,8-17H2,(H3,27,28)(H,29,34)/t19-,21-/m0/s1. The van der Waals surface area contributed by atoms with Gasteiger partial charge in [-0.2, -0.15) is 0 Å². The molecule has 1 aliphatic carbocycles. The molecule has 2 aliphatic heterocycles. The first-order chi connectivity index (χ1) is 17.3. The van der Waals surface area contributed by atoms with E-state index in [1.807, 2.05) is 30.3 Å². The summed E-state index contributed by atoms with van der Waals surface area (Å²) in [5, 5.41) is 10.3. The Balaban J connectivity index is 1.33. The zero-order valence-electron chi connectivity index (χ0n) is 20.7. The van der Waals surface area contributed by atoms with Crippen LogP contribution >= 0.6 is 0 Å². The second kappa shape index (κ2) is 11.5. The summed E-state index contributed by atoms with van der Waals surface area (Å²) in [6.45, 7) is 1.37. The second-order valence-electron chi connectivity index (χ2n) is 10.0. The molecule has 10 heteroatoms. The molecule has 0 aromatic heterocycles. The van der Waals surface area contributed by atoms with E-state index in [0.29, 0.717) is 32.5 Å². The van der Waals surface area contributed by atoms with Crippen molar-refractivity contribution in [2.75, 3.05) is 32.7 Å². The number of guanidine groups is 1. The highest BCUT2D eigenvalue weighted by atomic mass is 16.2. The van der Waals surface area contributed by atoms with Crippen molar-refractivity contribution in [1.82, 2.24) is 20.0 Å². The maximum Gasteiger partial charge on any atom is 0.246 e. The third kappa shape index (κ3) is 6.41. The maximum atomic E-state index is 13.3. The van der Waals surface area contributed by atoms with E-state index in [4.69, 9.17) is 11.1 Å². The van der Waals surface area contributed by atoms with Crippen molar-refractivity contribution in [2.45, 2.75) is 57.0 Å². The zero-order valence-corrected chi connectivity index (χ0v) is 20.7. The monoisotopic (exact) mass is 496 g/mol. The Bertz CT molecular complexity index is 995.